The Morgan fingerprint density at radius 3 is 2.74 bits per heavy atom. The number of methoxy groups -OCH3 is 1. The van der Waals surface area contributed by atoms with E-state index in [1.807, 2.05) is 31.2 Å². The normalized spacial score (nSPS) is 17.9. The number of benzene rings is 1. The number of amides is 2. The van der Waals surface area contributed by atoms with Gasteiger partial charge in [0.15, 0.2) is 0 Å². The van der Waals surface area contributed by atoms with Gasteiger partial charge in [0.2, 0.25) is 0 Å². The van der Waals surface area contributed by atoms with E-state index in [1.165, 1.54) is 12.0 Å². The number of carbonyl (C=O) groups excluding carboxylic acids is 2. The average molecular weight is 335 g/mol. The summed E-state index contributed by atoms with van der Waals surface area (Å²) in [4.78, 5) is 25.9. The Morgan fingerprint density at radius 1 is 1.30 bits per heavy atom. The van der Waals surface area contributed by atoms with Crippen LogP contribution in [0.1, 0.15) is 25.8 Å². The van der Waals surface area contributed by atoms with Crippen molar-refractivity contribution in [2.45, 2.75) is 26.4 Å². The molecule has 0 spiro atoms. The highest BCUT2D eigenvalue weighted by molar-refractivity contribution is 8.18. The van der Waals surface area contributed by atoms with Crippen molar-refractivity contribution in [3.05, 3.63) is 34.7 Å². The zero-order valence-corrected chi connectivity index (χ0v) is 14.4. The lowest BCUT2D eigenvalue weighted by Gasteiger charge is -2.14. The van der Waals surface area contributed by atoms with Gasteiger partial charge in [0, 0.05) is 12.7 Å². The molecule has 0 saturated carbocycles. The smallest absolute Gasteiger partial charge is 0.293 e. The molecule has 1 aromatic rings. The molecule has 0 radical (unpaired) electrons. The lowest BCUT2D eigenvalue weighted by atomic mass is 10.1. The van der Waals surface area contributed by atoms with Crippen LogP contribution < -0.4 is 4.74 Å². The molecule has 1 aliphatic heterocycles. The summed E-state index contributed by atoms with van der Waals surface area (Å²) in [6.45, 7) is 4.65. The Bertz CT molecular complexity index is 614. The lowest BCUT2D eigenvalue weighted by molar-refractivity contribution is -0.123. The molecule has 0 aliphatic carbocycles. The van der Waals surface area contributed by atoms with Gasteiger partial charge in [0.1, 0.15) is 5.75 Å². The number of imide groups is 1. The molecular weight excluding hydrogens is 314 g/mol. The Hall–Kier alpha value is -1.79. The second-order valence-corrected chi connectivity index (χ2v) is 6.19. The molecule has 0 bridgehead atoms. The van der Waals surface area contributed by atoms with Crippen molar-refractivity contribution in [2.75, 3.05) is 20.3 Å². The van der Waals surface area contributed by atoms with Gasteiger partial charge in [-0.3, -0.25) is 14.5 Å². The highest BCUT2D eigenvalue weighted by Crippen LogP contribution is 2.34. The van der Waals surface area contributed by atoms with E-state index in [1.54, 1.807) is 6.08 Å². The minimum absolute atomic E-state index is 0.0846. The van der Waals surface area contributed by atoms with Crippen LogP contribution in [0.2, 0.25) is 0 Å². The van der Waals surface area contributed by atoms with Crippen LogP contribution in [0, 0.1) is 0 Å². The first-order valence-corrected chi connectivity index (χ1v) is 8.38. The van der Waals surface area contributed by atoms with E-state index in [-0.39, 0.29) is 23.8 Å². The highest BCUT2D eigenvalue weighted by atomic mass is 32.2. The SMILES string of the molecule is CC[C@@H](C)Oc1ccccc1/C=C1/SC(=O)N(CCOC)C1=O. The third kappa shape index (κ3) is 4.36. The van der Waals surface area contributed by atoms with Crippen LogP contribution in [0.25, 0.3) is 6.08 Å². The van der Waals surface area contributed by atoms with E-state index in [0.717, 1.165) is 23.7 Å². The Kier molecular flexibility index (Phi) is 6.24. The van der Waals surface area contributed by atoms with Crippen LogP contribution in [0.5, 0.6) is 5.75 Å². The van der Waals surface area contributed by atoms with Gasteiger partial charge in [0.05, 0.1) is 24.2 Å². The summed E-state index contributed by atoms with van der Waals surface area (Å²) < 4.78 is 10.8. The van der Waals surface area contributed by atoms with Gasteiger partial charge >= 0.3 is 0 Å². The molecule has 1 fully saturated rings. The maximum Gasteiger partial charge on any atom is 0.293 e. The van der Waals surface area contributed by atoms with Gasteiger partial charge in [-0.2, -0.15) is 0 Å². The molecule has 0 unspecified atom stereocenters. The maximum atomic E-state index is 12.3. The van der Waals surface area contributed by atoms with Gasteiger partial charge in [-0.25, -0.2) is 0 Å². The van der Waals surface area contributed by atoms with Crippen LogP contribution >= 0.6 is 11.8 Å². The van der Waals surface area contributed by atoms with Gasteiger partial charge in [-0.1, -0.05) is 25.1 Å². The topological polar surface area (TPSA) is 55.8 Å². The van der Waals surface area contributed by atoms with E-state index in [4.69, 9.17) is 9.47 Å². The van der Waals surface area contributed by atoms with Crippen LogP contribution in [-0.2, 0) is 9.53 Å². The fraction of sp³-hybridized carbons (Fsp3) is 0.412. The monoisotopic (exact) mass is 335 g/mol. The standard InChI is InChI=1S/C17H21NO4S/c1-4-12(2)22-14-8-6-5-7-13(14)11-15-16(19)18(9-10-21-3)17(20)23-15/h5-8,11-12H,4,9-10H2,1-3H3/b15-11+/t12-/m1/s1. The Balaban J connectivity index is 2.22. The molecular formula is C17H21NO4S. The molecule has 1 aliphatic rings. The number of hydrogen-bond donors (Lipinski definition) is 0. The summed E-state index contributed by atoms with van der Waals surface area (Å²) in [5.74, 6) is 0.431. The quantitative estimate of drug-likeness (QED) is 0.713. The molecule has 2 amide bonds. The van der Waals surface area contributed by atoms with Crippen LogP contribution in [-0.4, -0.2) is 42.4 Å². The predicted molar refractivity (Wildman–Crippen MR) is 91.4 cm³/mol. The molecule has 5 nitrogen and oxygen atoms in total. The molecule has 2 rings (SSSR count). The zero-order chi connectivity index (χ0) is 16.8. The van der Waals surface area contributed by atoms with E-state index in [0.29, 0.717) is 17.3 Å². The Labute approximate surface area is 140 Å². The average Bonchev–Trinajstić information content (AvgIpc) is 2.81. The minimum Gasteiger partial charge on any atom is -0.490 e. The molecule has 0 aromatic heterocycles. The summed E-state index contributed by atoms with van der Waals surface area (Å²) in [6.07, 6.45) is 2.69. The first kappa shape index (κ1) is 17.6. The molecule has 0 N–H and O–H groups in total. The molecule has 124 valence electrons. The largest absolute Gasteiger partial charge is 0.490 e. The van der Waals surface area contributed by atoms with Crippen molar-refractivity contribution in [3.63, 3.8) is 0 Å². The van der Waals surface area contributed by atoms with Crippen molar-refractivity contribution in [2.24, 2.45) is 0 Å². The van der Waals surface area contributed by atoms with Gasteiger partial charge < -0.3 is 9.47 Å². The maximum absolute atomic E-state index is 12.3. The van der Waals surface area contributed by atoms with Crippen LogP contribution in [0.15, 0.2) is 29.2 Å². The fourth-order valence-electron chi connectivity index (χ4n) is 2.02. The summed E-state index contributed by atoms with van der Waals surface area (Å²) in [5, 5.41) is -0.265. The van der Waals surface area contributed by atoms with E-state index >= 15 is 0 Å². The molecule has 23 heavy (non-hydrogen) atoms. The molecule has 1 aromatic carbocycles. The first-order chi connectivity index (χ1) is 11.1. The summed E-state index contributed by atoms with van der Waals surface area (Å²) in [7, 11) is 1.54. The molecule has 6 heteroatoms. The molecule has 1 saturated heterocycles. The second-order valence-electron chi connectivity index (χ2n) is 5.20. The Morgan fingerprint density at radius 2 is 2.04 bits per heavy atom. The number of rotatable bonds is 7. The number of nitrogens with zero attached hydrogens (tertiary/aromatic N) is 1. The van der Waals surface area contributed by atoms with Crippen molar-refractivity contribution in [1.82, 2.24) is 4.90 Å². The number of carbonyl (C=O) groups is 2. The van der Waals surface area contributed by atoms with Crippen LogP contribution in [0.4, 0.5) is 4.79 Å². The van der Waals surface area contributed by atoms with E-state index in [9.17, 15) is 9.59 Å². The number of hydrogen-bond acceptors (Lipinski definition) is 5. The summed E-state index contributed by atoms with van der Waals surface area (Å²) in [5.41, 5.74) is 0.796. The highest BCUT2D eigenvalue weighted by Gasteiger charge is 2.34. The van der Waals surface area contributed by atoms with Crippen molar-refractivity contribution in [3.8, 4) is 5.75 Å². The number of ether oxygens (including phenoxy) is 2. The van der Waals surface area contributed by atoms with Crippen molar-refractivity contribution < 1.29 is 19.1 Å². The van der Waals surface area contributed by atoms with Crippen molar-refractivity contribution >= 4 is 29.0 Å². The first-order valence-electron chi connectivity index (χ1n) is 7.56. The zero-order valence-electron chi connectivity index (χ0n) is 13.6. The third-order valence-corrected chi connectivity index (χ3v) is 4.41. The third-order valence-electron chi connectivity index (χ3n) is 3.50. The van der Waals surface area contributed by atoms with Gasteiger partial charge in [-0.15, -0.1) is 0 Å². The number of para-hydroxylation sites is 1. The summed E-state index contributed by atoms with van der Waals surface area (Å²) in [6, 6.07) is 7.51. The van der Waals surface area contributed by atoms with Gasteiger partial charge in [0.25, 0.3) is 11.1 Å². The van der Waals surface area contributed by atoms with E-state index in [2.05, 4.69) is 6.92 Å². The fourth-order valence-corrected chi connectivity index (χ4v) is 2.88. The molecule has 1 heterocycles. The van der Waals surface area contributed by atoms with Gasteiger partial charge in [-0.05, 0) is 37.2 Å². The lowest BCUT2D eigenvalue weighted by Crippen LogP contribution is -2.31. The predicted octanol–water partition coefficient (Wildman–Crippen LogP) is 3.55. The minimum atomic E-state index is -0.282. The van der Waals surface area contributed by atoms with Crippen molar-refractivity contribution in [1.29, 1.82) is 0 Å². The summed E-state index contributed by atoms with van der Waals surface area (Å²) >= 11 is 0.948. The van der Waals surface area contributed by atoms with E-state index < -0.39 is 0 Å². The molecule has 1 atom stereocenters. The number of thioether (sulfide) groups is 1. The second kappa shape index (κ2) is 8.17. The van der Waals surface area contributed by atoms with Crippen LogP contribution in [0.3, 0.4) is 0 Å².